The molecule has 0 unspecified atom stereocenters. The van der Waals surface area contributed by atoms with Crippen molar-refractivity contribution in [3.8, 4) is 0 Å². The molecule has 8 heteroatoms. The highest BCUT2D eigenvalue weighted by Gasteiger charge is 2.23. The molecule has 0 radical (unpaired) electrons. The molecule has 1 N–H and O–H groups in total. The summed E-state index contributed by atoms with van der Waals surface area (Å²) in [6.45, 7) is 4.42. The van der Waals surface area contributed by atoms with Crippen LogP contribution < -0.4 is 5.32 Å². The number of methoxy groups -OCH3 is 1. The minimum Gasteiger partial charge on any atom is -0.469 e. The van der Waals surface area contributed by atoms with Crippen LogP contribution in [-0.4, -0.2) is 57.1 Å². The number of ether oxygens (including phenoxy) is 1. The number of sulfonamides is 1. The number of amides is 1. The Hall–Kier alpha value is -1.15. The quantitative estimate of drug-likeness (QED) is 0.559. The van der Waals surface area contributed by atoms with Gasteiger partial charge in [-0.25, -0.2) is 8.42 Å². The zero-order valence-corrected chi connectivity index (χ0v) is 13.9. The van der Waals surface area contributed by atoms with Crippen molar-refractivity contribution in [3.05, 3.63) is 0 Å². The SMILES string of the molecule is CCCNC(=O)CN(CCC)S(=O)(=O)CCCC(=O)OC. The minimum atomic E-state index is -3.54. The Balaban J connectivity index is 4.53. The molecule has 0 aromatic heterocycles. The summed E-state index contributed by atoms with van der Waals surface area (Å²) in [6.07, 6.45) is 1.66. The van der Waals surface area contributed by atoms with E-state index in [0.29, 0.717) is 19.5 Å². The third-order valence-electron chi connectivity index (χ3n) is 2.77. The van der Waals surface area contributed by atoms with Crippen LogP contribution in [0.5, 0.6) is 0 Å². The fourth-order valence-electron chi connectivity index (χ4n) is 1.68. The van der Waals surface area contributed by atoms with Crippen LogP contribution >= 0.6 is 0 Å². The molecule has 0 saturated carbocycles. The first-order valence-electron chi connectivity index (χ1n) is 7.18. The van der Waals surface area contributed by atoms with Gasteiger partial charge in [0.25, 0.3) is 0 Å². The molecule has 7 nitrogen and oxygen atoms in total. The van der Waals surface area contributed by atoms with E-state index in [1.807, 2.05) is 13.8 Å². The molecule has 0 fully saturated rings. The van der Waals surface area contributed by atoms with Gasteiger partial charge in [-0.1, -0.05) is 13.8 Å². The Morgan fingerprint density at radius 2 is 1.86 bits per heavy atom. The van der Waals surface area contributed by atoms with E-state index in [4.69, 9.17) is 0 Å². The molecule has 0 aliphatic carbocycles. The van der Waals surface area contributed by atoms with E-state index in [0.717, 1.165) is 6.42 Å². The first kappa shape index (κ1) is 19.9. The van der Waals surface area contributed by atoms with E-state index >= 15 is 0 Å². The number of carbonyl (C=O) groups excluding carboxylic acids is 2. The van der Waals surface area contributed by atoms with Crippen LogP contribution in [0.2, 0.25) is 0 Å². The average molecular weight is 322 g/mol. The number of esters is 1. The van der Waals surface area contributed by atoms with E-state index in [9.17, 15) is 18.0 Å². The van der Waals surface area contributed by atoms with E-state index in [-0.39, 0.29) is 31.0 Å². The molecule has 0 saturated heterocycles. The molecule has 0 aromatic rings. The monoisotopic (exact) mass is 322 g/mol. The molecular weight excluding hydrogens is 296 g/mol. The molecule has 0 aromatic carbocycles. The second-order valence-corrected chi connectivity index (χ2v) is 6.77. The molecular formula is C13H26N2O5S. The lowest BCUT2D eigenvalue weighted by Gasteiger charge is -2.21. The molecule has 0 rings (SSSR count). The standard InChI is InChI=1S/C13H26N2O5S/c1-4-8-14-12(16)11-15(9-5-2)21(18,19)10-6-7-13(17)20-3/h4-11H2,1-3H3,(H,14,16). The maximum Gasteiger partial charge on any atom is 0.305 e. The first-order valence-corrected chi connectivity index (χ1v) is 8.79. The minimum absolute atomic E-state index is 0.0533. The zero-order chi connectivity index (χ0) is 16.3. The molecule has 0 spiro atoms. The lowest BCUT2D eigenvalue weighted by molar-refractivity contribution is -0.140. The van der Waals surface area contributed by atoms with Gasteiger partial charge >= 0.3 is 5.97 Å². The molecule has 0 heterocycles. The second kappa shape index (κ2) is 10.6. The van der Waals surface area contributed by atoms with Gasteiger partial charge in [-0.05, 0) is 19.3 Å². The number of rotatable bonds is 11. The van der Waals surface area contributed by atoms with Gasteiger partial charge in [0.2, 0.25) is 15.9 Å². The molecule has 21 heavy (non-hydrogen) atoms. The van der Waals surface area contributed by atoms with Crippen molar-refractivity contribution in [2.24, 2.45) is 0 Å². The van der Waals surface area contributed by atoms with Crippen molar-refractivity contribution >= 4 is 21.9 Å². The number of hydrogen-bond acceptors (Lipinski definition) is 5. The van der Waals surface area contributed by atoms with Gasteiger partial charge in [-0.15, -0.1) is 0 Å². The summed E-state index contributed by atoms with van der Waals surface area (Å²) < 4.78 is 30.0. The lowest BCUT2D eigenvalue weighted by atomic mass is 10.3. The van der Waals surface area contributed by atoms with Crippen molar-refractivity contribution in [2.75, 3.05) is 32.5 Å². The summed E-state index contributed by atoms with van der Waals surface area (Å²) in [5, 5.41) is 2.66. The van der Waals surface area contributed by atoms with Crippen LogP contribution in [-0.2, 0) is 24.3 Å². The predicted molar refractivity (Wildman–Crippen MR) is 80.2 cm³/mol. The summed E-state index contributed by atoms with van der Waals surface area (Å²) in [6, 6.07) is 0. The lowest BCUT2D eigenvalue weighted by Crippen LogP contribution is -2.42. The Kier molecular flexibility index (Phi) is 9.98. The summed E-state index contributed by atoms with van der Waals surface area (Å²) in [4.78, 5) is 22.7. The van der Waals surface area contributed by atoms with Crippen LogP contribution in [0.25, 0.3) is 0 Å². The highest BCUT2D eigenvalue weighted by molar-refractivity contribution is 7.89. The summed E-state index contributed by atoms with van der Waals surface area (Å²) in [5.41, 5.74) is 0. The molecule has 0 aliphatic rings. The maximum absolute atomic E-state index is 12.2. The smallest absolute Gasteiger partial charge is 0.305 e. The highest BCUT2D eigenvalue weighted by Crippen LogP contribution is 2.06. The predicted octanol–water partition coefficient (Wildman–Crippen LogP) is 0.508. The van der Waals surface area contributed by atoms with E-state index in [2.05, 4.69) is 10.1 Å². The van der Waals surface area contributed by atoms with Crippen LogP contribution in [0.15, 0.2) is 0 Å². The Morgan fingerprint density at radius 1 is 1.19 bits per heavy atom. The van der Waals surface area contributed by atoms with Crippen molar-refractivity contribution in [1.29, 1.82) is 0 Å². The number of nitrogens with zero attached hydrogens (tertiary/aromatic N) is 1. The van der Waals surface area contributed by atoms with Gasteiger partial charge in [0.1, 0.15) is 0 Å². The molecule has 1 amide bonds. The first-order chi connectivity index (χ1) is 9.87. The van der Waals surface area contributed by atoms with Crippen molar-refractivity contribution in [2.45, 2.75) is 39.5 Å². The largest absolute Gasteiger partial charge is 0.469 e. The third kappa shape index (κ3) is 8.67. The fraction of sp³-hybridized carbons (Fsp3) is 0.846. The summed E-state index contributed by atoms with van der Waals surface area (Å²) >= 11 is 0. The molecule has 0 bridgehead atoms. The maximum atomic E-state index is 12.2. The van der Waals surface area contributed by atoms with Crippen LogP contribution in [0.3, 0.4) is 0 Å². The normalized spacial score (nSPS) is 11.4. The fourth-order valence-corrected chi connectivity index (χ4v) is 3.22. The van der Waals surface area contributed by atoms with Crippen molar-refractivity contribution < 1.29 is 22.7 Å². The van der Waals surface area contributed by atoms with E-state index in [1.165, 1.54) is 11.4 Å². The van der Waals surface area contributed by atoms with Crippen molar-refractivity contribution in [1.82, 2.24) is 9.62 Å². The number of hydrogen-bond donors (Lipinski definition) is 1. The topological polar surface area (TPSA) is 92.8 Å². The van der Waals surface area contributed by atoms with Crippen LogP contribution in [0.4, 0.5) is 0 Å². The Labute approximate surface area is 127 Å². The van der Waals surface area contributed by atoms with Crippen LogP contribution in [0, 0.1) is 0 Å². The molecule has 0 atom stereocenters. The van der Waals surface area contributed by atoms with Gasteiger partial charge in [0, 0.05) is 19.5 Å². The summed E-state index contributed by atoms with van der Waals surface area (Å²) in [7, 11) is -2.28. The van der Waals surface area contributed by atoms with Crippen LogP contribution in [0.1, 0.15) is 39.5 Å². The zero-order valence-electron chi connectivity index (χ0n) is 13.1. The average Bonchev–Trinajstić information content (AvgIpc) is 2.44. The van der Waals surface area contributed by atoms with E-state index in [1.54, 1.807) is 0 Å². The Morgan fingerprint density at radius 3 is 2.38 bits per heavy atom. The molecule has 124 valence electrons. The van der Waals surface area contributed by atoms with Gasteiger partial charge in [0.05, 0.1) is 19.4 Å². The third-order valence-corrected chi connectivity index (χ3v) is 4.67. The van der Waals surface area contributed by atoms with E-state index < -0.39 is 16.0 Å². The Bertz CT molecular complexity index is 422. The highest BCUT2D eigenvalue weighted by atomic mass is 32.2. The number of nitrogens with one attached hydrogen (secondary N) is 1. The second-order valence-electron chi connectivity index (χ2n) is 4.68. The van der Waals surface area contributed by atoms with Gasteiger partial charge in [-0.2, -0.15) is 4.31 Å². The van der Waals surface area contributed by atoms with Gasteiger partial charge in [0.15, 0.2) is 0 Å². The van der Waals surface area contributed by atoms with Crippen molar-refractivity contribution in [3.63, 3.8) is 0 Å². The van der Waals surface area contributed by atoms with Gasteiger partial charge < -0.3 is 10.1 Å². The van der Waals surface area contributed by atoms with Gasteiger partial charge in [-0.3, -0.25) is 9.59 Å². The number of carbonyl (C=O) groups is 2. The summed E-state index contributed by atoms with van der Waals surface area (Å²) in [5.74, 6) is -0.904. The molecule has 0 aliphatic heterocycles.